The largest absolute Gasteiger partial charge is 0.481 e. The number of rotatable bonds is 13. The third-order valence-electron chi connectivity index (χ3n) is 3.15. The highest BCUT2D eigenvalue weighted by molar-refractivity contribution is 5.66. The van der Waals surface area contributed by atoms with Gasteiger partial charge in [-0.25, -0.2) is 0 Å². The van der Waals surface area contributed by atoms with Gasteiger partial charge in [0.05, 0.1) is 6.10 Å². The predicted octanol–water partition coefficient (Wildman–Crippen LogP) is 4.63. The summed E-state index contributed by atoms with van der Waals surface area (Å²) < 4.78 is 0. The minimum Gasteiger partial charge on any atom is -0.481 e. The van der Waals surface area contributed by atoms with Crippen LogP contribution in [0.4, 0.5) is 0 Å². The lowest BCUT2D eigenvalue weighted by atomic mass is 10.1. The highest BCUT2D eigenvalue weighted by atomic mass is 16.4. The molecule has 0 unspecified atom stereocenters. The topological polar surface area (TPSA) is 57.5 Å². The first kappa shape index (κ1) is 19.7. The summed E-state index contributed by atoms with van der Waals surface area (Å²) in [4.78, 5) is 10.3. The summed E-state index contributed by atoms with van der Waals surface area (Å²) in [6.07, 6.45) is 19.5. The lowest BCUT2D eigenvalue weighted by Crippen LogP contribution is -2.01. The quantitative estimate of drug-likeness (QED) is 0.296. The van der Waals surface area contributed by atoms with E-state index in [0.29, 0.717) is 0 Å². The fourth-order valence-corrected chi connectivity index (χ4v) is 1.95. The molecule has 0 fully saturated rings. The fourth-order valence-electron chi connectivity index (χ4n) is 1.95. The van der Waals surface area contributed by atoms with Crippen LogP contribution in [-0.4, -0.2) is 22.3 Å². The van der Waals surface area contributed by atoms with Crippen LogP contribution in [0.1, 0.15) is 64.7 Å². The maximum Gasteiger partial charge on any atom is 0.303 e. The SMILES string of the molecule is CCC=CCC=CC=C[C@@H](O)CCCCCCCC(=O)O. The molecule has 21 heavy (non-hydrogen) atoms. The van der Waals surface area contributed by atoms with E-state index in [0.717, 1.165) is 51.4 Å². The molecule has 1 atom stereocenters. The first-order valence-corrected chi connectivity index (χ1v) is 8.05. The molecule has 0 aromatic carbocycles. The fraction of sp³-hybridized carbons (Fsp3) is 0.611. The molecule has 0 heterocycles. The number of aliphatic carboxylic acids is 1. The summed E-state index contributed by atoms with van der Waals surface area (Å²) in [7, 11) is 0. The molecule has 3 nitrogen and oxygen atoms in total. The van der Waals surface area contributed by atoms with Crippen molar-refractivity contribution in [3.8, 4) is 0 Å². The molecule has 0 saturated carbocycles. The van der Waals surface area contributed by atoms with Crippen LogP contribution in [-0.2, 0) is 4.79 Å². The van der Waals surface area contributed by atoms with Gasteiger partial charge in [-0.2, -0.15) is 0 Å². The van der Waals surface area contributed by atoms with Gasteiger partial charge in [-0.1, -0.05) is 69.1 Å². The van der Waals surface area contributed by atoms with Gasteiger partial charge in [0.2, 0.25) is 0 Å². The molecule has 0 aliphatic carbocycles. The molecule has 0 aromatic rings. The minimum atomic E-state index is -0.714. The average molecular weight is 294 g/mol. The summed E-state index contributed by atoms with van der Waals surface area (Å²) in [5.74, 6) is -0.714. The molecule has 0 aromatic heterocycles. The van der Waals surface area contributed by atoms with Crippen LogP contribution in [0, 0.1) is 0 Å². The number of carboxylic acid groups (broad SMARTS) is 1. The van der Waals surface area contributed by atoms with Crippen molar-refractivity contribution in [3.05, 3.63) is 36.5 Å². The normalized spacial score (nSPS) is 13.6. The zero-order valence-corrected chi connectivity index (χ0v) is 13.2. The first-order valence-electron chi connectivity index (χ1n) is 8.05. The Hall–Kier alpha value is -1.35. The van der Waals surface area contributed by atoms with E-state index in [9.17, 15) is 9.90 Å². The highest BCUT2D eigenvalue weighted by Gasteiger charge is 1.99. The third-order valence-corrected chi connectivity index (χ3v) is 3.15. The molecule has 0 amide bonds. The molecule has 0 rings (SSSR count). The second kappa shape index (κ2) is 15.0. The Balaban J connectivity index is 3.46. The molecule has 0 radical (unpaired) electrons. The number of allylic oxidation sites excluding steroid dienone is 5. The van der Waals surface area contributed by atoms with Gasteiger partial charge >= 0.3 is 5.97 Å². The van der Waals surface area contributed by atoms with E-state index in [4.69, 9.17) is 5.11 Å². The van der Waals surface area contributed by atoms with Crippen LogP contribution in [0.3, 0.4) is 0 Å². The van der Waals surface area contributed by atoms with Crippen LogP contribution < -0.4 is 0 Å². The molecule has 120 valence electrons. The van der Waals surface area contributed by atoms with Crippen LogP contribution >= 0.6 is 0 Å². The van der Waals surface area contributed by atoms with E-state index in [1.165, 1.54) is 0 Å². The van der Waals surface area contributed by atoms with E-state index < -0.39 is 5.97 Å². The Bertz CT molecular complexity index is 329. The van der Waals surface area contributed by atoms with Gasteiger partial charge in [0, 0.05) is 6.42 Å². The van der Waals surface area contributed by atoms with E-state index in [1.807, 2.05) is 18.2 Å². The molecule has 0 saturated heterocycles. The summed E-state index contributed by atoms with van der Waals surface area (Å²) in [5, 5.41) is 18.3. The minimum absolute atomic E-state index is 0.269. The Kier molecular flexibility index (Phi) is 14.1. The zero-order chi connectivity index (χ0) is 15.8. The van der Waals surface area contributed by atoms with Gasteiger partial charge in [0.25, 0.3) is 0 Å². The Morgan fingerprint density at radius 3 is 2.43 bits per heavy atom. The predicted molar refractivity (Wildman–Crippen MR) is 88.3 cm³/mol. The lowest BCUT2D eigenvalue weighted by Gasteiger charge is -2.04. The van der Waals surface area contributed by atoms with Crippen molar-refractivity contribution in [1.82, 2.24) is 0 Å². The van der Waals surface area contributed by atoms with Gasteiger partial charge in [0.15, 0.2) is 0 Å². The maximum atomic E-state index is 10.3. The number of carbonyl (C=O) groups is 1. The zero-order valence-electron chi connectivity index (χ0n) is 13.2. The van der Waals surface area contributed by atoms with Crippen molar-refractivity contribution in [2.24, 2.45) is 0 Å². The second-order valence-corrected chi connectivity index (χ2v) is 5.20. The number of carboxylic acids is 1. The van der Waals surface area contributed by atoms with Crippen LogP contribution in [0.2, 0.25) is 0 Å². The number of unbranched alkanes of at least 4 members (excludes halogenated alkanes) is 4. The van der Waals surface area contributed by atoms with Crippen LogP contribution in [0.5, 0.6) is 0 Å². The van der Waals surface area contributed by atoms with Crippen molar-refractivity contribution in [2.45, 2.75) is 70.8 Å². The van der Waals surface area contributed by atoms with E-state index >= 15 is 0 Å². The Morgan fingerprint density at radius 2 is 1.71 bits per heavy atom. The highest BCUT2D eigenvalue weighted by Crippen LogP contribution is 2.09. The first-order chi connectivity index (χ1) is 10.2. The molecule has 0 aliphatic heterocycles. The molecule has 0 spiro atoms. The Labute approximate surface area is 129 Å². The van der Waals surface area contributed by atoms with Crippen molar-refractivity contribution >= 4 is 5.97 Å². The van der Waals surface area contributed by atoms with Gasteiger partial charge in [-0.05, 0) is 25.7 Å². The Morgan fingerprint density at radius 1 is 1.00 bits per heavy atom. The molecule has 2 N–H and O–H groups in total. The van der Waals surface area contributed by atoms with Gasteiger partial charge in [0.1, 0.15) is 0 Å². The summed E-state index contributed by atoms with van der Waals surface area (Å²) in [6.45, 7) is 2.11. The van der Waals surface area contributed by atoms with Gasteiger partial charge in [-0.15, -0.1) is 0 Å². The average Bonchev–Trinajstić information content (AvgIpc) is 2.45. The van der Waals surface area contributed by atoms with Crippen molar-refractivity contribution in [3.63, 3.8) is 0 Å². The smallest absolute Gasteiger partial charge is 0.303 e. The van der Waals surface area contributed by atoms with Crippen molar-refractivity contribution in [2.75, 3.05) is 0 Å². The van der Waals surface area contributed by atoms with E-state index in [1.54, 1.807) is 0 Å². The second-order valence-electron chi connectivity index (χ2n) is 5.20. The maximum absolute atomic E-state index is 10.3. The molecular weight excluding hydrogens is 264 g/mol. The third kappa shape index (κ3) is 16.6. The molecule has 0 aliphatic rings. The van der Waals surface area contributed by atoms with Crippen molar-refractivity contribution < 1.29 is 15.0 Å². The van der Waals surface area contributed by atoms with Gasteiger partial charge < -0.3 is 10.2 Å². The summed E-state index contributed by atoms with van der Waals surface area (Å²) in [5.41, 5.74) is 0. The van der Waals surface area contributed by atoms with Crippen molar-refractivity contribution in [1.29, 1.82) is 0 Å². The number of aliphatic hydroxyl groups is 1. The molecular formula is C18H30O3. The monoisotopic (exact) mass is 294 g/mol. The van der Waals surface area contributed by atoms with Crippen LogP contribution in [0.15, 0.2) is 36.5 Å². The lowest BCUT2D eigenvalue weighted by molar-refractivity contribution is -0.137. The number of aliphatic hydroxyl groups excluding tert-OH is 1. The summed E-state index contributed by atoms with van der Waals surface area (Å²) >= 11 is 0. The number of hydrogen-bond donors (Lipinski definition) is 2. The van der Waals surface area contributed by atoms with Gasteiger partial charge in [-0.3, -0.25) is 4.79 Å². The summed E-state index contributed by atoms with van der Waals surface area (Å²) in [6, 6.07) is 0. The van der Waals surface area contributed by atoms with E-state index in [2.05, 4.69) is 25.2 Å². The van der Waals surface area contributed by atoms with Crippen LogP contribution in [0.25, 0.3) is 0 Å². The standard InChI is InChI=1S/C18H30O3/c1-2-3-4-5-6-8-11-14-17(19)15-12-9-7-10-13-16-18(20)21/h3-4,6,8,11,14,17,19H,2,5,7,9-10,12-13,15-16H2,1H3,(H,20,21)/t17-/m1/s1. The molecule has 3 heteroatoms. The van der Waals surface area contributed by atoms with E-state index in [-0.39, 0.29) is 12.5 Å². The number of hydrogen-bond acceptors (Lipinski definition) is 2. The molecule has 0 bridgehead atoms.